The van der Waals surface area contributed by atoms with Gasteiger partial charge in [0, 0.05) is 68.0 Å². The van der Waals surface area contributed by atoms with Crippen LogP contribution in [0.3, 0.4) is 0 Å². The van der Waals surface area contributed by atoms with Gasteiger partial charge in [-0.15, -0.1) is 0 Å². The quantitative estimate of drug-likeness (QED) is 0.299. The van der Waals surface area contributed by atoms with E-state index in [0.29, 0.717) is 43.2 Å². The van der Waals surface area contributed by atoms with E-state index in [9.17, 15) is 18.4 Å². The van der Waals surface area contributed by atoms with Crippen LogP contribution in [0, 0.1) is 6.92 Å². The number of imidazole rings is 1. The summed E-state index contributed by atoms with van der Waals surface area (Å²) in [7, 11) is 0. The molecule has 13 heteroatoms. The number of halogens is 2. The van der Waals surface area contributed by atoms with Gasteiger partial charge in [0.05, 0.1) is 11.9 Å². The van der Waals surface area contributed by atoms with E-state index in [0.717, 1.165) is 42.0 Å². The summed E-state index contributed by atoms with van der Waals surface area (Å²) < 4.78 is 31.3. The zero-order valence-corrected chi connectivity index (χ0v) is 23.6. The molecule has 0 bridgehead atoms. The summed E-state index contributed by atoms with van der Waals surface area (Å²) >= 11 is 0. The van der Waals surface area contributed by atoms with E-state index in [4.69, 9.17) is 0 Å². The molecule has 2 fully saturated rings. The molecule has 4 heterocycles. The second-order valence-electron chi connectivity index (χ2n) is 10.6. The van der Waals surface area contributed by atoms with Gasteiger partial charge in [0.15, 0.2) is 11.5 Å². The molecular formula is C30H32F2N8O3. The van der Waals surface area contributed by atoms with Gasteiger partial charge in [0.2, 0.25) is 0 Å². The van der Waals surface area contributed by atoms with Crippen LogP contribution in [-0.2, 0) is 0 Å². The summed E-state index contributed by atoms with van der Waals surface area (Å²) in [5.74, 6) is 0.538. The Kier molecular flexibility index (Phi) is 8.05. The average molecular weight is 591 g/mol. The van der Waals surface area contributed by atoms with E-state index >= 15 is 0 Å². The smallest absolute Gasteiger partial charge is 0.387 e. The van der Waals surface area contributed by atoms with E-state index < -0.39 is 6.61 Å². The Balaban J connectivity index is 1.11. The molecular weight excluding hydrogens is 558 g/mol. The van der Waals surface area contributed by atoms with E-state index in [1.807, 2.05) is 23.5 Å². The summed E-state index contributed by atoms with van der Waals surface area (Å²) in [6.45, 7) is 2.65. The maximum Gasteiger partial charge on any atom is 0.387 e. The molecule has 43 heavy (non-hydrogen) atoms. The maximum absolute atomic E-state index is 13.3. The topological polar surface area (TPSA) is 116 Å². The monoisotopic (exact) mass is 590 g/mol. The Morgan fingerprint density at radius 2 is 1.81 bits per heavy atom. The maximum atomic E-state index is 13.3. The number of ether oxygens (including phenoxy) is 1. The number of alkyl halides is 2. The summed E-state index contributed by atoms with van der Waals surface area (Å²) in [6, 6.07) is 12.0. The van der Waals surface area contributed by atoms with E-state index in [1.54, 1.807) is 46.6 Å². The number of amides is 3. The number of piperazine rings is 1. The van der Waals surface area contributed by atoms with Crippen molar-refractivity contribution in [2.45, 2.75) is 26.0 Å². The van der Waals surface area contributed by atoms with Gasteiger partial charge in [0.1, 0.15) is 5.75 Å². The number of hydrogen-bond acceptors (Lipinski definition) is 7. The van der Waals surface area contributed by atoms with Gasteiger partial charge in [-0.3, -0.25) is 9.20 Å². The number of aromatic nitrogens is 3. The zero-order chi connectivity index (χ0) is 29.9. The first-order chi connectivity index (χ1) is 20.9. The van der Waals surface area contributed by atoms with Crippen LogP contribution in [-0.4, -0.2) is 88.0 Å². The Hall–Kier alpha value is -4.78. The molecule has 2 aliphatic rings. The fraction of sp³-hybridized carbons (Fsp3) is 0.333. The lowest BCUT2D eigenvalue weighted by molar-refractivity contribution is -0.0498. The molecule has 2 aromatic heterocycles. The lowest BCUT2D eigenvalue weighted by Gasteiger charge is -2.35. The van der Waals surface area contributed by atoms with Crippen LogP contribution in [0.2, 0.25) is 0 Å². The lowest BCUT2D eigenvalue weighted by atomic mass is 10.1. The minimum atomic E-state index is -2.88. The van der Waals surface area contributed by atoms with Gasteiger partial charge < -0.3 is 30.5 Å². The molecule has 0 aliphatic carbocycles. The van der Waals surface area contributed by atoms with Crippen molar-refractivity contribution in [3.8, 4) is 17.0 Å². The number of nitrogens with zero attached hydrogens (tertiary/aromatic N) is 5. The van der Waals surface area contributed by atoms with Crippen molar-refractivity contribution in [2.24, 2.45) is 0 Å². The Morgan fingerprint density at radius 1 is 1.05 bits per heavy atom. The Morgan fingerprint density at radius 3 is 2.51 bits per heavy atom. The van der Waals surface area contributed by atoms with Gasteiger partial charge in [-0.05, 0) is 67.9 Å². The van der Waals surface area contributed by atoms with Crippen LogP contribution in [0.1, 0.15) is 22.3 Å². The first kappa shape index (κ1) is 28.3. The van der Waals surface area contributed by atoms with E-state index in [2.05, 4.69) is 30.7 Å². The molecule has 0 radical (unpaired) electrons. The predicted molar refractivity (Wildman–Crippen MR) is 157 cm³/mol. The Bertz CT molecular complexity index is 1610. The van der Waals surface area contributed by atoms with Gasteiger partial charge in [-0.1, -0.05) is 0 Å². The van der Waals surface area contributed by atoms with Crippen molar-refractivity contribution in [1.82, 2.24) is 34.8 Å². The number of nitrogens with one attached hydrogen (secondary N) is 3. The normalized spacial score (nSPS) is 17.0. The first-order valence-electron chi connectivity index (χ1n) is 14.2. The standard InChI is InChI=1S/C30H32F2N8O3/c1-19-16-21(4-7-24(19)28(41)38-12-14-39(15-13-38)30(42)37-22-8-9-33-17-22)36-26-27-35-18-25(40(27)11-10-34-26)20-2-5-23(6-3-20)43-29(31)32/h2-7,10-11,16,18,22,29,33H,8-9,12-15,17H2,1H3,(H,34,36)(H,37,42). The third kappa shape index (κ3) is 6.21. The van der Waals surface area contributed by atoms with E-state index in [-0.39, 0.29) is 23.7 Å². The highest BCUT2D eigenvalue weighted by atomic mass is 19.3. The summed E-state index contributed by atoms with van der Waals surface area (Å²) in [5, 5.41) is 9.61. The van der Waals surface area contributed by atoms with Crippen LogP contribution >= 0.6 is 0 Å². The van der Waals surface area contributed by atoms with Crippen LogP contribution < -0.4 is 20.7 Å². The van der Waals surface area contributed by atoms with Crippen molar-refractivity contribution in [1.29, 1.82) is 0 Å². The number of hydrogen-bond donors (Lipinski definition) is 3. The third-order valence-electron chi connectivity index (χ3n) is 7.76. The van der Waals surface area contributed by atoms with Crippen molar-refractivity contribution in [3.63, 3.8) is 0 Å². The van der Waals surface area contributed by atoms with Crippen LogP contribution in [0.25, 0.3) is 16.9 Å². The molecule has 2 aromatic carbocycles. The Labute approximate surface area is 246 Å². The van der Waals surface area contributed by atoms with Crippen LogP contribution in [0.5, 0.6) is 5.75 Å². The molecule has 3 amide bonds. The molecule has 1 atom stereocenters. The van der Waals surface area contributed by atoms with Crippen molar-refractivity contribution >= 4 is 29.1 Å². The molecule has 0 saturated carbocycles. The summed E-state index contributed by atoms with van der Waals surface area (Å²) in [5.41, 5.74) is 4.27. The molecule has 1 unspecified atom stereocenters. The highest BCUT2D eigenvalue weighted by molar-refractivity contribution is 5.96. The summed E-state index contributed by atoms with van der Waals surface area (Å²) in [6.07, 6.45) is 6.03. The molecule has 3 N–H and O–H groups in total. The highest BCUT2D eigenvalue weighted by Crippen LogP contribution is 2.28. The molecule has 6 rings (SSSR count). The molecule has 224 valence electrons. The van der Waals surface area contributed by atoms with Crippen molar-refractivity contribution < 1.29 is 23.1 Å². The van der Waals surface area contributed by atoms with Crippen molar-refractivity contribution in [3.05, 3.63) is 72.2 Å². The number of carbonyl (C=O) groups excluding carboxylic acids is 2. The molecule has 11 nitrogen and oxygen atoms in total. The van der Waals surface area contributed by atoms with Crippen LogP contribution in [0.4, 0.5) is 25.1 Å². The van der Waals surface area contributed by atoms with Gasteiger partial charge in [-0.2, -0.15) is 8.78 Å². The fourth-order valence-electron chi connectivity index (χ4n) is 5.47. The first-order valence-corrected chi connectivity index (χ1v) is 14.2. The largest absolute Gasteiger partial charge is 0.435 e. The predicted octanol–water partition coefficient (Wildman–Crippen LogP) is 3.88. The lowest BCUT2D eigenvalue weighted by Crippen LogP contribution is -2.54. The van der Waals surface area contributed by atoms with Gasteiger partial charge >= 0.3 is 12.6 Å². The SMILES string of the molecule is Cc1cc(Nc2nccn3c(-c4ccc(OC(F)F)cc4)cnc23)ccc1C(=O)N1CCN(C(=O)NC2CCNC2)CC1. The van der Waals surface area contributed by atoms with Crippen LogP contribution in [0.15, 0.2) is 61.1 Å². The highest BCUT2D eigenvalue weighted by Gasteiger charge is 2.27. The number of rotatable bonds is 7. The molecule has 2 aliphatic heterocycles. The number of benzene rings is 2. The number of anilines is 2. The second kappa shape index (κ2) is 12.2. The molecule has 4 aromatic rings. The number of urea groups is 1. The minimum Gasteiger partial charge on any atom is -0.435 e. The van der Waals surface area contributed by atoms with Gasteiger partial charge in [-0.25, -0.2) is 14.8 Å². The summed E-state index contributed by atoms with van der Waals surface area (Å²) in [4.78, 5) is 38.5. The number of fused-ring (bicyclic) bond motifs is 1. The molecule has 2 saturated heterocycles. The number of carbonyl (C=O) groups is 2. The third-order valence-corrected chi connectivity index (χ3v) is 7.76. The van der Waals surface area contributed by atoms with E-state index in [1.165, 1.54) is 12.1 Å². The molecule has 0 spiro atoms. The minimum absolute atomic E-state index is 0.0628. The van der Waals surface area contributed by atoms with Crippen molar-refractivity contribution in [2.75, 3.05) is 44.6 Å². The average Bonchev–Trinajstić information content (AvgIpc) is 3.68. The second-order valence-corrected chi connectivity index (χ2v) is 10.6. The van der Waals surface area contributed by atoms with Gasteiger partial charge in [0.25, 0.3) is 5.91 Å². The zero-order valence-electron chi connectivity index (χ0n) is 23.6. The fourth-order valence-corrected chi connectivity index (χ4v) is 5.47. The number of aryl methyl sites for hydroxylation is 1.